The van der Waals surface area contributed by atoms with Crippen LogP contribution in [0.2, 0.25) is 0 Å². The first-order chi connectivity index (χ1) is 9.08. The Bertz CT molecular complexity index is 740. The zero-order valence-corrected chi connectivity index (χ0v) is 13.2. The number of aryl methyl sites for hydroxylation is 1. The van der Waals surface area contributed by atoms with Crippen molar-refractivity contribution in [1.82, 2.24) is 9.55 Å². The van der Waals surface area contributed by atoms with E-state index in [1.54, 1.807) is 0 Å². The monoisotopic (exact) mass is 295 g/mol. The molecule has 0 unspecified atom stereocenters. The van der Waals surface area contributed by atoms with E-state index in [9.17, 15) is 8.42 Å². The van der Waals surface area contributed by atoms with Crippen LogP contribution in [-0.4, -0.2) is 30.0 Å². The molecule has 6 heteroatoms. The van der Waals surface area contributed by atoms with E-state index in [4.69, 9.17) is 5.73 Å². The molecule has 2 rings (SSSR count). The SMILES string of the molecule is CC(C)(C)c1nc2cc(N)ccc2n1CCS(C)(=O)=O. The Morgan fingerprint density at radius 2 is 1.95 bits per heavy atom. The van der Waals surface area contributed by atoms with E-state index in [0.29, 0.717) is 12.2 Å². The number of imidazole rings is 1. The van der Waals surface area contributed by atoms with Crippen LogP contribution in [0, 0.1) is 0 Å². The Kier molecular flexibility index (Phi) is 3.54. The van der Waals surface area contributed by atoms with Gasteiger partial charge in [0.25, 0.3) is 0 Å². The van der Waals surface area contributed by atoms with Crippen molar-refractivity contribution < 1.29 is 8.42 Å². The first kappa shape index (κ1) is 14.8. The number of hydrogen-bond acceptors (Lipinski definition) is 4. The predicted octanol–water partition coefficient (Wildman–Crippen LogP) is 1.96. The van der Waals surface area contributed by atoms with E-state index in [1.807, 2.05) is 22.8 Å². The fourth-order valence-corrected chi connectivity index (χ4v) is 2.72. The van der Waals surface area contributed by atoms with Crippen molar-refractivity contribution in [3.8, 4) is 0 Å². The third-order valence-corrected chi connectivity index (χ3v) is 4.05. The fourth-order valence-electron chi connectivity index (χ4n) is 2.20. The van der Waals surface area contributed by atoms with Gasteiger partial charge in [0.15, 0.2) is 0 Å². The summed E-state index contributed by atoms with van der Waals surface area (Å²) in [5, 5.41) is 0. The van der Waals surface area contributed by atoms with Gasteiger partial charge in [0.2, 0.25) is 0 Å². The van der Waals surface area contributed by atoms with Crippen LogP contribution in [0.3, 0.4) is 0 Å². The number of nitrogens with two attached hydrogens (primary N) is 1. The molecule has 0 aliphatic carbocycles. The first-order valence-electron chi connectivity index (χ1n) is 6.52. The normalized spacial score (nSPS) is 13.0. The molecule has 0 saturated carbocycles. The average molecular weight is 295 g/mol. The van der Waals surface area contributed by atoms with Gasteiger partial charge in [-0.15, -0.1) is 0 Å². The highest BCUT2D eigenvalue weighted by Gasteiger charge is 2.23. The largest absolute Gasteiger partial charge is 0.399 e. The van der Waals surface area contributed by atoms with E-state index < -0.39 is 9.84 Å². The highest BCUT2D eigenvalue weighted by molar-refractivity contribution is 7.90. The summed E-state index contributed by atoms with van der Waals surface area (Å²) in [5.74, 6) is 0.980. The van der Waals surface area contributed by atoms with Crippen LogP contribution in [0.15, 0.2) is 18.2 Å². The van der Waals surface area contributed by atoms with Gasteiger partial charge in [-0.1, -0.05) is 20.8 Å². The maximum atomic E-state index is 11.4. The van der Waals surface area contributed by atoms with Crippen LogP contribution in [-0.2, 0) is 21.8 Å². The van der Waals surface area contributed by atoms with E-state index in [-0.39, 0.29) is 11.2 Å². The van der Waals surface area contributed by atoms with Crippen molar-refractivity contribution >= 4 is 26.6 Å². The van der Waals surface area contributed by atoms with Gasteiger partial charge in [0.1, 0.15) is 15.7 Å². The van der Waals surface area contributed by atoms with Crippen LogP contribution in [0.25, 0.3) is 11.0 Å². The van der Waals surface area contributed by atoms with Crippen molar-refractivity contribution in [1.29, 1.82) is 0 Å². The van der Waals surface area contributed by atoms with Crippen LogP contribution in [0.5, 0.6) is 0 Å². The van der Waals surface area contributed by atoms with Crippen LogP contribution in [0.1, 0.15) is 26.6 Å². The average Bonchev–Trinajstić information content (AvgIpc) is 2.62. The van der Waals surface area contributed by atoms with Gasteiger partial charge in [-0.05, 0) is 18.2 Å². The van der Waals surface area contributed by atoms with Crippen molar-refractivity contribution in [2.75, 3.05) is 17.7 Å². The van der Waals surface area contributed by atoms with Crippen LogP contribution in [0.4, 0.5) is 5.69 Å². The molecule has 0 fully saturated rings. The summed E-state index contributed by atoms with van der Waals surface area (Å²) in [7, 11) is -3.01. The lowest BCUT2D eigenvalue weighted by Gasteiger charge is -2.20. The number of fused-ring (bicyclic) bond motifs is 1. The minimum atomic E-state index is -3.01. The van der Waals surface area contributed by atoms with E-state index >= 15 is 0 Å². The molecule has 1 heterocycles. The molecule has 1 aromatic carbocycles. The molecule has 2 aromatic rings. The number of sulfone groups is 1. The predicted molar refractivity (Wildman–Crippen MR) is 82.6 cm³/mol. The zero-order valence-electron chi connectivity index (χ0n) is 12.3. The molecule has 0 amide bonds. The highest BCUT2D eigenvalue weighted by Crippen LogP contribution is 2.27. The Morgan fingerprint density at radius 1 is 1.30 bits per heavy atom. The van der Waals surface area contributed by atoms with Crippen molar-refractivity contribution in [2.45, 2.75) is 32.7 Å². The molecule has 0 aliphatic rings. The number of nitrogen functional groups attached to an aromatic ring is 1. The Balaban J connectivity index is 2.59. The zero-order chi connectivity index (χ0) is 15.1. The summed E-state index contributed by atoms with van der Waals surface area (Å²) in [6.07, 6.45) is 1.25. The summed E-state index contributed by atoms with van der Waals surface area (Å²) in [5.41, 5.74) is 8.02. The fraction of sp³-hybridized carbons (Fsp3) is 0.500. The lowest BCUT2D eigenvalue weighted by Crippen LogP contribution is -2.21. The second-order valence-corrected chi connectivity index (χ2v) is 8.47. The third-order valence-electron chi connectivity index (χ3n) is 3.13. The van der Waals surface area contributed by atoms with E-state index in [2.05, 4.69) is 25.8 Å². The number of nitrogens with zero attached hydrogens (tertiary/aromatic N) is 2. The summed E-state index contributed by atoms with van der Waals surface area (Å²) in [4.78, 5) is 4.63. The van der Waals surface area contributed by atoms with Gasteiger partial charge < -0.3 is 10.3 Å². The molecule has 0 bridgehead atoms. The second-order valence-electron chi connectivity index (χ2n) is 6.22. The van der Waals surface area contributed by atoms with Crippen LogP contribution < -0.4 is 5.73 Å². The van der Waals surface area contributed by atoms with Crippen molar-refractivity contribution in [2.24, 2.45) is 0 Å². The number of benzene rings is 1. The molecule has 0 atom stereocenters. The smallest absolute Gasteiger partial charge is 0.149 e. The summed E-state index contributed by atoms with van der Waals surface area (Å²) in [6.45, 7) is 6.60. The Hall–Kier alpha value is -1.56. The van der Waals surface area contributed by atoms with Gasteiger partial charge in [-0.3, -0.25) is 0 Å². The highest BCUT2D eigenvalue weighted by atomic mass is 32.2. The number of hydrogen-bond donors (Lipinski definition) is 1. The molecular weight excluding hydrogens is 274 g/mol. The molecule has 5 nitrogen and oxygen atoms in total. The molecular formula is C14H21N3O2S. The second kappa shape index (κ2) is 4.77. The van der Waals surface area contributed by atoms with Gasteiger partial charge in [0.05, 0.1) is 16.8 Å². The van der Waals surface area contributed by atoms with Gasteiger partial charge >= 0.3 is 0 Å². The maximum Gasteiger partial charge on any atom is 0.149 e. The molecule has 20 heavy (non-hydrogen) atoms. The Morgan fingerprint density at radius 3 is 2.50 bits per heavy atom. The summed E-state index contributed by atoms with van der Waals surface area (Å²) >= 11 is 0. The molecule has 2 N–H and O–H groups in total. The minimum Gasteiger partial charge on any atom is -0.399 e. The standard InChI is InChI=1S/C14H21N3O2S/c1-14(2,3)13-16-11-9-10(15)5-6-12(11)17(13)7-8-20(4,18)19/h5-6,9H,7-8,15H2,1-4H3. The van der Waals surface area contributed by atoms with E-state index in [1.165, 1.54) is 6.26 Å². The first-order valence-corrected chi connectivity index (χ1v) is 8.58. The third kappa shape index (κ3) is 3.12. The Labute approximate surface area is 119 Å². The quantitative estimate of drug-likeness (QED) is 0.878. The topological polar surface area (TPSA) is 78.0 Å². The summed E-state index contributed by atoms with van der Waals surface area (Å²) < 4.78 is 24.8. The van der Waals surface area contributed by atoms with Gasteiger partial charge in [0, 0.05) is 23.9 Å². The maximum absolute atomic E-state index is 11.4. The number of aromatic nitrogens is 2. The number of rotatable bonds is 3. The minimum absolute atomic E-state index is 0.103. The number of anilines is 1. The van der Waals surface area contributed by atoms with Crippen molar-refractivity contribution in [3.63, 3.8) is 0 Å². The molecule has 110 valence electrons. The van der Waals surface area contributed by atoms with E-state index in [0.717, 1.165) is 16.9 Å². The summed E-state index contributed by atoms with van der Waals surface area (Å²) in [6, 6.07) is 5.53. The van der Waals surface area contributed by atoms with Crippen molar-refractivity contribution in [3.05, 3.63) is 24.0 Å². The molecule has 1 aromatic heterocycles. The molecule has 0 radical (unpaired) electrons. The lowest BCUT2D eigenvalue weighted by molar-refractivity contribution is 0.510. The molecule has 0 saturated heterocycles. The lowest BCUT2D eigenvalue weighted by atomic mass is 9.96. The van der Waals surface area contributed by atoms with Crippen LogP contribution >= 0.6 is 0 Å². The van der Waals surface area contributed by atoms with Gasteiger partial charge in [-0.2, -0.15) is 0 Å². The molecule has 0 spiro atoms. The van der Waals surface area contributed by atoms with Gasteiger partial charge in [-0.25, -0.2) is 13.4 Å². The molecule has 0 aliphatic heterocycles.